The topological polar surface area (TPSA) is 0 Å². The third-order valence-electron chi connectivity index (χ3n) is 7.16. The van der Waals surface area contributed by atoms with Crippen molar-refractivity contribution in [3.05, 3.63) is 47.1 Å². The summed E-state index contributed by atoms with van der Waals surface area (Å²) in [5.74, 6) is 1.37. The predicted molar refractivity (Wildman–Crippen MR) is 149 cm³/mol. The molecule has 0 spiro atoms. The predicted octanol–water partition coefficient (Wildman–Crippen LogP) is 11.1. The molecule has 32 heavy (non-hydrogen) atoms. The van der Waals surface area contributed by atoms with Crippen LogP contribution in [0, 0.1) is 28.1 Å². The molecule has 0 fully saturated rings. The van der Waals surface area contributed by atoms with Crippen LogP contribution < -0.4 is 0 Å². The van der Waals surface area contributed by atoms with Crippen LogP contribution in [0.4, 0.5) is 0 Å². The van der Waals surface area contributed by atoms with Crippen molar-refractivity contribution in [2.24, 2.45) is 28.1 Å². The first-order chi connectivity index (χ1) is 14.7. The molecule has 0 aromatic carbocycles. The lowest BCUT2D eigenvalue weighted by Crippen LogP contribution is -2.26. The molecule has 0 aliphatic heterocycles. The van der Waals surface area contributed by atoms with Gasteiger partial charge in [0.05, 0.1) is 0 Å². The van der Waals surface area contributed by atoms with Crippen molar-refractivity contribution in [1.82, 2.24) is 0 Å². The van der Waals surface area contributed by atoms with Crippen LogP contribution in [0.25, 0.3) is 0 Å². The Morgan fingerprint density at radius 2 is 1.66 bits per heavy atom. The van der Waals surface area contributed by atoms with Gasteiger partial charge in [0, 0.05) is 5.92 Å². The van der Waals surface area contributed by atoms with E-state index in [2.05, 4.69) is 107 Å². The highest BCUT2D eigenvalue weighted by molar-refractivity contribution is 5.33. The van der Waals surface area contributed by atoms with Crippen molar-refractivity contribution in [1.29, 1.82) is 0 Å². The first kappa shape index (κ1) is 31.0. The first-order valence-corrected chi connectivity index (χ1v) is 13.4. The summed E-state index contributed by atoms with van der Waals surface area (Å²) >= 11 is 0. The fourth-order valence-electron chi connectivity index (χ4n) is 4.76. The van der Waals surface area contributed by atoms with Gasteiger partial charge in [-0.15, -0.1) is 0 Å². The average molecular weight is 443 g/mol. The molecule has 2 rings (SSSR count). The maximum absolute atomic E-state index is 2.44. The molecule has 0 heterocycles. The van der Waals surface area contributed by atoms with Crippen molar-refractivity contribution in [2.75, 3.05) is 0 Å². The first-order valence-electron chi connectivity index (χ1n) is 13.4. The van der Waals surface area contributed by atoms with Gasteiger partial charge in [0.15, 0.2) is 0 Å². The quantitative estimate of drug-likeness (QED) is 0.380. The van der Waals surface area contributed by atoms with E-state index >= 15 is 0 Å². The molecule has 2 aliphatic rings. The van der Waals surface area contributed by atoms with Crippen LogP contribution in [-0.4, -0.2) is 0 Å². The van der Waals surface area contributed by atoms with E-state index in [0.29, 0.717) is 22.2 Å². The number of allylic oxidation sites excluding steroid dienone is 8. The SMILES string of the molecule is CC.CC1=C(/C=C/C(C)(C)C)C(C)(C)CCC1.CCC(C)/C=C/C1C(C)=CCCC1(C)C. The molecule has 0 saturated carbocycles. The van der Waals surface area contributed by atoms with Crippen molar-refractivity contribution >= 4 is 0 Å². The second-order valence-corrected chi connectivity index (χ2v) is 12.4. The second-order valence-electron chi connectivity index (χ2n) is 12.4. The lowest BCUT2D eigenvalue weighted by Gasteiger charge is -2.36. The molecule has 0 N–H and O–H groups in total. The molecule has 0 amide bonds. The van der Waals surface area contributed by atoms with E-state index in [-0.39, 0.29) is 0 Å². The van der Waals surface area contributed by atoms with Crippen molar-refractivity contribution in [3.63, 3.8) is 0 Å². The van der Waals surface area contributed by atoms with E-state index in [0.717, 1.165) is 5.92 Å². The number of hydrogen-bond acceptors (Lipinski definition) is 0. The molecule has 0 nitrogen and oxygen atoms in total. The maximum atomic E-state index is 2.44. The molecular formula is C32H58. The van der Waals surface area contributed by atoms with Gasteiger partial charge in [-0.1, -0.05) is 124 Å². The van der Waals surface area contributed by atoms with Crippen LogP contribution in [0.5, 0.6) is 0 Å². The molecule has 0 bridgehead atoms. The summed E-state index contributed by atoms with van der Waals surface area (Å²) in [7, 11) is 0. The van der Waals surface area contributed by atoms with Crippen LogP contribution >= 0.6 is 0 Å². The van der Waals surface area contributed by atoms with Gasteiger partial charge in [-0.3, -0.25) is 0 Å². The molecule has 2 unspecified atom stereocenters. The molecule has 0 heteroatoms. The van der Waals surface area contributed by atoms with Crippen LogP contribution in [0.2, 0.25) is 0 Å². The Balaban J connectivity index is 0.000000557. The molecule has 0 saturated heterocycles. The van der Waals surface area contributed by atoms with Crippen LogP contribution in [0.3, 0.4) is 0 Å². The van der Waals surface area contributed by atoms with Crippen LogP contribution in [-0.2, 0) is 0 Å². The Morgan fingerprint density at radius 3 is 2.12 bits per heavy atom. The number of rotatable bonds is 4. The summed E-state index contributed by atoms with van der Waals surface area (Å²) in [6.07, 6.45) is 19.8. The van der Waals surface area contributed by atoms with Gasteiger partial charge >= 0.3 is 0 Å². The average Bonchev–Trinajstić information content (AvgIpc) is 2.67. The van der Waals surface area contributed by atoms with Gasteiger partial charge < -0.3 is 0 Å². The molecule has 0 aromatic rings. The van der Waals surface area contributed by atoms with Crippen molar-refractivity contribution in [3.8, 4) is 0 Å². The minimum Gasteiger partial charge on any atom is -0.0851 e. The van der Waals surface area contributed by atoms with E-state index in [1.807, 2.05) is 13.8 Å². The monoisotopic (exact) mass is 442 g/mol. The zero-order chi connectivity index (χ0) is 25.2. The lowest BCUT2D eigenvalue weighted by atomic mass is 9.68. The van der Waals surface area contributed by atoms with Gasteiger partial charge in [-0.25, -0.2) is 0 Å². The van der Waals surface area contributed by atoms with Gasteiger partial charge in [0.2, 0.25) is 0 Å². The largest absolute Gasteiger partial charge is 0.0851 e. The summed E-state index contributed by atoms with van der Waals surface area (Å²) in [5.41, 5.74) is 5.84. The lowest BCUT2D eigenvalue weighted by molar-refractivity contribution is 0.255. The fourth-order valence-corrected chi connectivity index (χ4v) is 4.76. The summed E-state index contributed by atoms with van der Waals surface area (Å²) < 4.78 is 0. The highest BCUT2D eigenvalue weighted by Crippen LogP contribution is 2.42. The van der Waals surface area contributed by atoms with Crippen LogP contribution in [0.15, 0.2) is 47.1 Å². The zero-order valence-corrected chi connectivity index (χ0v) is 24.3. The minimum atomic E-state index is 0.292. The van der Waals surface area contributed by atoms with Gasteiger partial charge in [0.25, 0.3) is 0 Å². The third kappa shape index (κ3) is 10.7. The maximum Gasteiger partial charge on any atom is 0.00254 e. The summed E-state index contributed by atoms with van der Waals surface area (Å²) in [6, 6.07) is 0. The fraction of sp³-hybridized carbons (Fsp3) is 0.750. The normalized spacial score (nSPS) is 23.8. The zero-order valence-electron chi connectivity index (χ0n) is 24.3. The van der Waals surface area contributed by atoms with Gasteiger partial charge in [-0.2, -0.15) is 0 Å². The van der Waals surface area contributed by atoms with E-state index in [1.165, 1.54) is 38.5 Å². The van der Waals surface area contributed by atoms with Crippen LogP contribution in [0.1, 0.15) is 129 Å². The Bertz CT molecular complexity index is 655. The smallest absolute Gasteiger partial charge is 0.00254 e. The minimum absolute atomic E-state index is 0.292. The Kier molecular flexibility index (Phi) is 13.2. The summed E-state index contributed by atoms with van der Waals surface area (Å²) in [5, 5.41) is 0. The van der Waals surface area contributed by atoms with E-state index in [4.69, 9.17) is 0 Å². The molecule has 2 atom stereocenters. The Hall–Kier alpha value is -1.04. The van der Waals surface area contributed by atoms with E-state index < -0.39 is 0 Å². The summed E-state index contributed by atoms with van der Waals surface area (Å²) in [4.78, 5) is 0. The highest BCUT2D eigenvalue weighted by Gasteiger charge is 2.30. The van der Waals surface area contributed by atoms with Gasteiger partial charge in [0.1, 0.15) is 0 Å². The summed E-state index contributed by atoms with van der Waals surface area (Å²) in [6.45, 7) is 29.4. The number of hydrogen-bond donors (Lipinski definition) is 0. The van der Waals surface area contributed by atoms with Gasteiger partial charge in [-0.05, 0) is 73.7 Å². The highest BCUT2D eigenvalue weighted by atomic mass is 14.4. The van der Waals surface area contributed by atoms with Crippen molar-refractivity contribution < 1.29 is 0 Å². The third-order valence-corrected chi connectivity index (χ3v) is 7.16. The Morgan fingerprint density at radius 1 is 1.06 bits per heavy atom. The molecule has 0 radical (unpaired) electrons. The molecular weight excluding hydrogens is 384 g/mol. The van der Waals surface area contributed by atoms with E-state index in [1.54, 1.807) is 16.7 Å². The molecule has 186 valence electrons. The Labute approximate surface area is 203 Å². The molecule has 2 aliphatic carbocycles. The van der Waals surface area contributed by atoms with Crippen molar-refractivity contribution in [2.45, 2.75) is 129 Å². The standard InChI is InChI=1S/2C15H26.C2H6/c1-12-8-7-10-15(5,6)13(12)9-11-14(2,3)4;1-6-12(2)9-10-14-13(3)8-7-11-15(14,4)5;1-2/h9,11H,7-8,10H2,1-6H3;8-10,12,14H,6-7,11H2,1-5H3;1-2H3/b11-9+;10-9+;. The second kappa shape index (κ2) is 13.6. The molecule has 0 aromatic heterocycles. The van der Waals surface area contributed by atoms with E-state index in [9.17, 15) is 0 Å².